The maximum absolute atomic E-state index is 13.5. The van der Waals surface area contributed by atoms with Crippen LogP contribution in [0, 0.1) is 6.57 Å². The molecule has 0 bridgehead atoms. The monoisotopic (exact) mass is 537 g/mol. The number of halogens is 4. The Labute approximate surface area is 219 Å². The van der Waals surface area contributed by atoms with Crippen LogP contribution in [0.5, 0.6) is 5.75 Å². The molecule has 4 heterocycles. The lowest BCUT2D eigenvalue weighted by molar-refractivity contribution is 0.152. The van der Waals surface area contributed by atoms with Crippen molar-refractivity contribution in [1.29, 1.82) is 0 Å². The molecule has 10 nitrogen and oxygen atoms in total. The maximum Gasteiger partial charge on any atom is 0.277 e. The third-order valence-electron chi connectivity index (χ3n) is 5.90. The van der Waals surface area contributed by atoms with E-state index in [9.17, 15) is 17.6 Å². The highest BCUT2D eigenvalue weighted by molar-refractivity contribution is 5.98. The van der Waals surface area contributed by atoms with Crippen LogP contribution >= 0.6 is 0 Å². The predicted molar refractivity (Wildman–Crippen MR) is 133 cm³/mol. The van der Waals surface area contributed by atoms with Gasteiger partial charge < -0.3 is 10.1 Å². The van der Waals surface area contributed by atoms with Gasteiger partial charge in [-0.25, -0.2) is 27.4 Å². The van der Waals surface area contributed by atoms with Crippen molar-refractivity contribution in [2.75, 3.05) is 12.4 Å². The Balaban J connectivity index is 1.55. The molecule has 0 saturated carbocycles. The molecule has 1 aromatic carbocycles. The fraction of sp³-hybridized carbons (Fsp3) is 0.240. The van der Waals surface area contributed by atoms with Crippen molar-refractivity contribution in [2.45, 2.75) is 25.7 Å². The molecule has 0 atom stereocenters. The topological polar surface area (TPSA) is 107 Å². The van der Waals surface area contributed by atoms with Crippen LogP contribution in [0.3, 0.4) is 0 Å². The number of rotatable bonds is 8. The first-order valence-electron chi connectivity index (χ1n) is 11.5. The predicted octanol–water partition coefficient (Wildman–Crippen LogP) is 5.39. The number of alkyl halides is 4. The van der Waals surface area contributed by atoms with Crippen molar-refractivity contribution in [2.24, 2.45) is 12.0 Å². The summed E-state index contributed by atoms with van der Waals surface area (Å²) in [7, 11) is 3.10. The molecule has 0 spiro atoms. The minimum Gasteiger partial charge on any atom is -0.494 e. The molecule has 0 aliphatic carbocycles. The largest absolute Gasteiger partial charge is 0.494 e. The number of fused-ring (bicyclic) bond motifs is 1. The standard InChI is InChI=1S/C25H19F4N9O/c1-30-17-8-12(31-11-15(17)23(26)27)7-13-9-18(21-19(32-13)10-20(34-21)24(28)29)33-16-6-4-5-14(22(16)39-3)25-35-37-38(2)36-25/h4-6,8-9,11,23-24H,7,10H2,2-3H3,(H,32,33). The van der Waals surface area contributed by atoms with E-state index in [1.54, 1.807) is 31.3 Å². The highest BCUT2D eigenvalue weighted by atomic mass is 19.3. The van der Waals surface area contributed by atoms with Gasteiger partial charge in [0, 0.05) is 36.0 Å². The Morgan fingerprint density at radius 1 is 1.13 bits per heavy atom. The molecule has 39 heavy (non-hydrogen) atoms. The second-order valence-corrected chi connectivity index (χ2v) is 8.47. The van der Waals surface area contributed by atoms with Crippen LogP contribution in [0.2, 0.25) is 0 Å². The molecule has 1 N–H and O–H groups in total. The lowest BCUT2D eigenvalue weighted by Gasteiger charge is -2.16. The van der Waals surface area contributed by atoms with Gasteiger partial charge in [0.1, 0.15) is 5.69 Å². The van der Waals surface area contributed by atoms with Crippen LogP contribution in [0.4, 0.5) is 40.3 Å². The number of aryl methyl sites for hydroxylation is 1. The van der Waals surface area contributed by atoms with Crippen molar-refractivity contribution in [3.05, 3.63) is 70.6 Å². The first-order valence-corrected chi connectivity index (χ1v) is 11.5. The van der Waals surface area contributed by atoms with Crippen molar-refractivity contribution < 1.29 is 22.3 Å². The van der Waals surface area contributed by atoms with Crippen LogP contribution in [0.15, 0.2) is 41.5 Å². The number of ether oxygens (including phenoxy) is 1. The third-order valence-corrected chi connectivity index (χ3v) is 5.90. The van der Waals surface area contributed by atoms with E-state index < -0.39 is 18.4 Å². The molecule has 1 aliphatic rings. The zero-order chi connectivity index (χ0) is 27.7. The lowest BCUT2D eigenvalue weighted by atomic mass is 10.1. The molecule has 14 heteroatoms. The van der Waals surface area contributed by atoms with Gasteiger partial charge in [-0.1, -0.05) is 6.07 Å². The van der Waals surface area contributed by atoms with Gasteiger partial charge in [-0.05, 0) is 29.5 Å². The van der Waals surface area contributed by atoms with E-state index in [4.69, 9.17) is 11.3 Å². The van der Waals surface area contributed by atoms with E-state index in [-0.39, 0.29) is 29.9 Å². The zero-order valence-corrected chi connectivity index (χ0v) is 20.5. The summed E-state index contributed by atoms with van der Waals surface area (Å²) in [6.45, 7) is 7.22. The zero-order valence-electron chi connectivity index (χ0n) is 20.5. The van der Waals surface area contributed by atoms with Gasteiger partial charge in [-0.3, -0.25) is 9.97 Å². The Hall–Kier alpha value is -4.93. The van der Waals surface area contributed by atoms with E-state index in [0.717, 1.165) is 6.20 Å². The number of tetrazole rings is 1. The van der Waals surface area contributed by atoms with Crippen LogP contribution in [0.25, 0.3) is 16.2 Å². The SMILES string of the molecule is [C-]#[N+]c1cc(Cc2cc(Nc3cccc(-c4nnn(C)n4)c3OC)c3c(n2)CC(C(F)F)=N3)ncc1C(F)F. The molecule has 5 rings (SSSR count). The Kier molecular flexibility index (Phi) is 6.88. The number of aromatic nitrogens is 6. The second-order valence-electron chi connectivity index (χ2n) is 8.47. The number of aliphatic imine (C=N–C) groups is 1. The third kappa shape index (κ3) is 5.11. The highest BCUT2D eigenvalue weighted by Crippen LogP contribution is 2.41. The molecule has 0 radical (unpaired) electrons. The van der Waals surface area contributed by atoms with Crippen molar-refractivity contribution in [3.63, 3.8) is 0 Å². The number of nitrogens with zero attached hydrogens (tertiary/aromatic N) is 8. The summed E-state index contributed by atoms with van der Waals surface area (Å²) in [5.41, 5.74) is 1.73. The first-order chi connectivity index (χ1) is 18.8. The molecule has 198 valence electrons. The average molecular weight is 537 g/mol. The van der Waals surface area contributed by atoms with E-state index in [0.29, 0.717) is 45.6 Å². The van der Waals surface area contributed by atoms with Crippen LogP contribution in [-0.2, 0) is 19.9 Å². The number of hydrogen-bond donors (Lipinski definition) is 1. The fourth-order valence-electron chi connectivity index (χ4n) is 4.18. The molecule has 4 aromatic rings. The first kappa shape index (κ1) is 25.7. The van der Waals surface area contributed by atoms with Gasteiger partial charge in [-0.15, -0.1) is 10.2 Å². The average Bonchev–Trinajstić information content (AvgIpc) is 3.55. The maximum atomic E-state index is 13.5. The van der Waals surface area contributed by atoms with Crippen molar-refractivity contribution in [1.82, 2.24) is 30.2 Å². The van der Waals surface area contributed by atoms with Crippen molar-refractivity contribution >= 4 is 28.5 Å². The summed E-state index contributed by atoms with van der Waals surface area (Å²) in [6, 6.07) is 8.11. The number of hydrogen-bond acceptors (Lipinski definition) is 8. The quantitative estimate of drug-likeness (QED) is 0.237. The van der Waals surface area contributed by atoms with Gasteiger partial charge >= 0.3 is 0 Å². The van der Waals surface area contributed by atoms with Gasteiger partial charge in [-0.2, -0.15) is 4.80 Å². The van der Waals surface area contributed by atoms with Crippen LogP contribution < -0.4 is 10.1 Å². The summed E-state index contributed by atoms with van der Waals surface area (Å²) in [5.74, 6) is 0.713. The highest BCUT2D eigenvalue weighted by Gasteiger charge is 2.27. The molecule has 1 aliphatic heterocycles. The Morgan fingerprint density at radius 2 is 1.95 bits per heavy atom. The molecule has 0 unspecified atom stereocenters. The number of methoxy groups -OCH3 is 1. The number of para-hydroxylation sites is 1. The fourth-order valence-corrected chi connectivity index (χ4v) is 4.18. The molecule has 0 fully saturated rings. The van der Waals surface area contributed by atoms with E-state index in [1.807, 2.05) is 0 Å². The normalized spacial score (nSPS) is 12.4. The smallest absolute Gasteiger partial charge is 0.277 e. The number of nitrogens with one attached hydrogen (secondary N) is 1. The molecule has 0 amide bonds. The number of benzene rings is 1. The Bertz CT molecular complexity index is 1630. The molecular weight excluding hydrogens is 518 g/mol. The molecule has 0 saturated heterocycles. The van der Waals surface area contributed by atoms with Crippen molar-refractivity contribution in [3.8, 4) is 17.1 Å². The van der Waals surface area contributed by atoms with E-state index >= 15 is 0 Å². The minimum absolute atomic E-state index is 0.0682. The van der Waals surface area contributed by atoms with E-state index in [1.165, 1.54) is 18.0 Å². The van der Waals surface area contributed by atoms with Crippen LogP contribution in [-0.4, -0.2) is 49.4 Å². The summed E-state index contributed by atoms with van der Waals surface area (Å²) in [6.07, 6.45) is -4.72. The van der Waals surface area contributed by atoms with Gasteiger partial charge in [0.15, 0.2) is 11.4 Å². The molecular formula is C25H19F4N9O. The Morgan fingerprint density at radius 3 is 2.62 bits per heavy atom. The minimum atomic E-state index is -2.84. The second kappa shape index (κ2) is 10.4. The van der Waals surface area contributed by atoms with Crippen LogP contribution in [0.1, 0.15) is 29.1 Å². The summed E-state index contributed by atoms with van der Waals surface area (Å²) < 4.78 is 59.1. The summed E-state index contributed by atoms with van der Waals surface area (Å²) >= 11 is 0. The van der Waals surface area contributed by atoms with E-state index in [2.05, 4.69) is 40.5 Å². The number of pyridine rings is 2. The molecule has 3 aromatic heterocycles. The van der Waals surface area contributed by atoms with Gasteiger partial charge in [0.05, 0.1) is 49.1 Å². The summed E-state index contributed by atoms with van der Waals surface area (Å²) in [4.78, 5) is 17.1. The van der Waals surface area contributed by atoms with Gasteiger partial charge in [0.25, 0.3) is 12.9 Å². The lowest BCUT2D eigenvalue weighted by Crippen LogP contribution is -2.10. The number of anilines is 2. The summed E-state index contributed by atoms with van der Waals surface area (Å²) in [5, 5.41) is 15.3. The van der Waals surface area contributed by atoms with Gasteiger partial charge in [0.2, 0.25) is 5.82 Å².